The van der Waals surface area contributed by atoms with E-state index in [0.717, 1.165) is 12.8 Å². The maximum absolute atomic E-state index is 12.3. The molecule has 22 heavy (non-hydrogen) atoms. The predicted molar refractivity (Wildman–Crippen MR) is 82.5 cm³/mol. The Hall–Kier alpha value is -1.30. The van der Waals surface area contributed by atoms with Gasteiger partial charge in [0.1, 0.15) is 0 Å². The molecule has 0 aromatic rings. The number of carbonyl (C=O) groups is 2. The van der Waals surface area contributed by atoms with E-state index in [1.165, 1.54) is 0 Å². The van der Waals surface area contributed by atoms with Gasteiger partial charge < -0.3 is 20.4 Å². The Balaban J connectivity index is 1.91. The lowest BCUT2D eigenvalue weighted by Crippen LogP contribution is -2.44. The topological polar surface area (TPSA) is 89.9 Å². The first-order valence-electron chi connectivity index (χ1n) is 8.10. The molecule has 2 aliphatic rings. The highest BCUT2D eigenvalue weighted by atomic mass is 16.4. The number of carboxylic acids is 1. The van der Waals surface area contributed by atoms with Crippen molar-refractivity contribution in [3.05, 3.63) is 0 Å². The SMILES string of the molecule is CC(O)CC(C)(C)CNC(=O)N1C[C@@H]2CCC[C@@]2(C(=O)O)C1. The smallest absolute Gasteiger partial charge is 0.317 e. The summed E-state index contributed by atoms with van der Waals surface area (Å²) in [5.74, 6) is -0.680. The van der Waals surface area contributed by atoms with Crippen molar-refractivity contribution in [3.8, 4) is 0 Å². The molecule has 6 nitrogen and oxygen atoms in total. The molecule has 3 N–H and O–H groups in total. The summed E-state index contributed by atoms with van der Waals surface area (Å²) in [6.45, 7) is 7.05. The summed E-state index contributed by atoms with van der Waals surface area (Å²) in [7, 11) is 0. The highest BCUT2D eigenvalue weighted by Crippen LogP contribution is 2.48. The molecule has 1 unspecified atom stereocenters. The number of aliphatic carboxylic acids is 1. The van der Waals surface area contributed by atoms with Crippen molar-refractivity contribution in [2.75, 3.05) is 19.6 Å². The second kappa shape index (κ2) is 6.07. The van der Waals surface area contributed by atoms with E-state index in [-0.39, 0.29) is 17.4 Å². The lowest BCUT2D eigenvalue weighted by molar-refractivity contribution is -0.149. The van der Waals surface area contributed by atoms with Crippen LogP contribution in [0.3, 0.4) is 0 Å². The monoisotopic (exact) mass is 312 g/mol. The highest BCUT2D eigenvalue weighted by molar-refractivity contribution is 5.80. The van der Waals surface area contributed by atoms with E-state index < -0.39 is 17.5 Å². The van der Waals surface area contributed by atoms with E-state index in [1.807, 2.05) is 13.8 Å². The van der Waals surface area contributed by atoms with Gasteiger partial charge in [-0.25, -0.2) is 4.79 Å². The minimum Gasteiger partial charge on any atom is -0.481 e. The van der Waals surface area contributed by atoms with Crippen molar-refractivity contribution in [1.29, 1.82) is 0 Å². The number of nitrogens with one attached hydrogen (secondary N) is 1. The van der Waals surface area contributed by atoms with Crippen molar-refractivity contribution < 1.29 is 19.8 Å². The van der Waals surface area contributed by atoms with Crippen molar-refractivity contribution in [1.82, 2.24) is 10.2 Å². The zero-order valence-corrected chi connectivity index (χ0v) is 13.8. The number of likely N-dealkylation sites (tertiary alicyclic amines) is 1. The van der Waals surface area contributed by atoms with E-state index in [4.69, 9.17) is 0 Å². The molecule has 2 amide bonds. The van der Waals surface area contributed by atoms with Crippen LogP contribution in [-0.2, 0) is 4.79 Å². The van der Waals surface area contributed by atoms with Crippen LogP contribution in [0.2, 0.25) is 0 Å². The molecule has 6 heteroatoms. The molecule has 1 aliphatic carbocycles. The number of urea groups is 1. The summed E-state index contributed by atoms with van der Waals surface area (Å²) in [6, 6.07) is -0.186. The largest absolute Gasteiger partial charge is 0.481 e. The molecule has 1 saturated carbocycles. The van der Waals surface area contributed by atoms with Crippen LogP contribution in [0, 0.1) is 16.7 Å². The van der Waals surface area contributed by atoms with E-state index in [9.17, 15) is 19.8 Å². The van der Waals surface area contributed by atoms with Gasteiger partial charge in [-0.15, -0.1) is 0 Å². The molecule has 0 aromatic carbocycles. The third-order valence-electron chi connectivity index (χ3n) is 5.15. The van der Waals surface area contributed by atoms with Crippen molar-refractivity contribution in [2.45, 2.75) is 52.6 Å². The van der Waals surface area contributed by atoms with Crippen molar-refractivity contribution >= 4 is 12.0 Å². The van der Waals surface area contributed by atoms with E-state index in [0.29, 0.717) is 32.5 Å². The Bertz CT molecular complexity index is 449. The number of hydrogen-bond donors (Lipinski definition) is 3. The third-order valence-corrected chi connectivity index (χ3v) is 5.15. The van der Waals surface area contributed by atoms with Gasteiger partial charge in [0.25, 0.3) is 0 Å². The molecule has 126 valence electrons. The number of aliphatic hydroxyl groups excluding tert-OH is 1. The Labute approximate surface area is 131 Å². The van der Waals surface area contributed by atoms with Crippen molar-refractivity contribution in [3.63, 3.8) is 0 Å². The molecule has 0 spiro atoms. The van der Waals surface area contributed by atoms with Gasteiger partial charge >= 0.3 is 12.0 Å². The van der Waals surface area contributed by atoms with Gasteiger partial charge in [-0.1, -0.05) is 20.3 Å². The Morgan fingerprint density at radius 1 is 1.45 bits per heavy atom. The second-order valence-corrected chi connectivity index (χ2v) is 7.81. The molecule has 1 saturated heterocycles. The number of nitrogens with zero attached hydrogens (tertiary/aromatic N) is 1. The Kier molecular flexibility index (Phi) is 4.70. The molecule has 1 heterocycles. The van der Waals surface area contributed by atoms with Crippen LogP contribution < -0.4 is 5.32 Å². The highest BCUT2D eigenvalue weighted by Gasteiger charge is 2.55. The maximum atomic E-state index is 12.3. The molecule has 1 aliphatic heterocycles. The van der Waals surface area contributed by atoms with Crippen molar-refractivity contribution in [2.24, 2.45) is 16.7 Å². The lowest BCUT2D eigenvalue weighted by Gasteiger charge is -2.28. The molecular weight excluding hydrogens is 284 g/mol. The molecule has 2 fully saturated rings. The summed E-state index contributed by atoms with van der Waals surface area (Å²) in [4.78, 5) is 25.6. The summed E-state index contributed by atoms with van der Waals surface area (Å²) in [5, 5.41) is 21.9. The van der Waals surface area contributed by atoms with E-state index >= 15 is 0 Å². The fourth-order valence-corrected chi connectivity index (χ4v) is 4.09. The molecule has 0 radical (unpaired) electrons. The maximum Gasteiger partial charge on any atom is 0.317 e. The zero-order chi connectivity index (χ0) is 16.5. The number of amides is 2. The third kappa shape index (κ3) is 3.37. The number of rotatable bonds is 5. The van der Waals surface area contributed by atoms with Crippen LogP contribution in [0.1, 0.15) is 46.5 Å². The zero-order valence-electron chi connectivity index (χ0n) is 13.8. The molecule has 2 rings (SSSR count). The van der Waals surface area contributed by atoms with Gasteiger partial charge in [-0.2, -0.15) is 0 Å². The van der Waals surface area contributed by atoms with Crippen LogP contribution in [-0.4, -0.2) is 52.9 Å². The summed E-state index contributed by atoms with van der Waals surface area (Å²) < 4.78 is 0. The van der Waals surface area contributed by atoms with Gasteiger partial charge in [0.05, 0.1) is 11.5 Å². The minimum atomic E-state index is -0.764. The molecular formula is C16H28N2O4. The van der Waals surface area contributed by atoms with Gasteiger partial charge in [0.2, 0.25) is 0 Å². The van der Waals surface area contributed by atoms with E-state index in [1.54, 1.807) is 11.8 Å². The average Bonchev–Trinajstić information content (AvgIpc) is 2.91. The van der Waals surface area contributed by atoms with Gasteiger partial charge in [-0.05, 0) is 37.5 Å². The van der Waals surface area contributed by atoms with Crippen LogP contribution in [0.5, 0.6) is 0 Å². The van der Waals surface area contributed by atoms with Crippen LogP contribution >= 0.6 is 0 Å². The fourth-order valence-electron chi connectivity index (χ4n) is 4.09. The second-order valence-electron chi connectivity index (χ2n) is 7.81. The molecule has 0 aromatic heterocycles. The fraction of sp³-hybridized carbons (Fsp3) is 0.875. The Morgan fingerprint density at radius 3 is 2.68 bits per heavy atom. The Morgan fingerprint density at radius 2 is 2.14 bits per heavy atom. The van der Waals surface area contributed by atoms with Crippen LogP contribution in [0.25, 0.3) is 0 Å². The van der Waals surface area contributed by atoms with Gasteiger partial charge in [0.15, 0.2) is 0 Å². The summed E-state index contributed by atoms with van der Waals surface area (Å²) in [6.07, 6.45) is 2.70. The first kappa shape index (κ1) is 17.1. The molecule has 0 bridgehead atoms. The number of carboxylic acid groups (broad SMARTS) is 1. The normalized spacial score (nSPS) is 29.3. The first-order valence-corrected chi connectivity index (χ1v) is 8.10. The predicted octanol–water partition coefficient (Wildman–Crippen LogP) is 1.68. The average molecular weight is 312 g/mol. The molecule has 3 atom stereocenters. The van der Waals surface area contributed by atoms with Crippen LogP contribution in [0.4, 0.5) is 4.79 Å². The number of fused-ring (bicyclic) bond motifs is 1. The lowest BCUT2D eigenvalue weighted by atomic mass is 9.81. The number of hydrogen-bond acceptors (Lipinski definition) is 3. The van der Waals surface area contributed by atoms with Gasteiger partial charge in [-0.3, -0.25) is 4.79 Å². The number of aliphatic hydroxyl groups is 1. The summed E-state index contributed by atoms with van der Waals surface area (Å²) >= 11 is 0. The minimum absolute atomic E-state index is 0.0845. The van der Waals surface area contributed by atoms with E-state index in [2.05, 4.69) is 5.32 Å². The summed E-state index contributed by atoms with van der Waals surface area (Å²) in [5.41, 5.74) is -0.920. The quantitative estimate of drug-likeness (QED) is 0.720. The standard InChI is InChI=1S/C16H28N2O4/c1-11(19)7-15(2,3)9-17-14(22)18-8-12-5-4-6-16(12,10-18)13(20)21/h11-12,19H,4-10H2,1-3H3,(H,17,22)(H,20,21)/t11?,12-,16+/m0/s1. The van der Waals surface area contributed by atoms with Gasteiger partial charge in [0, 0.05) is 19.6 Å². The first-order chi connectivity index (χ1) is 10.2. The number of carbonyl (C=O) groups excluding carboxylic acids is 1. The van der Waals surface area contributed by atoms with Crippen LogP contribution in [0.15, 0.2) is 0 Å².